The number of amides is 3. The molecule has 3 saturated heterocycles. The van der Waals surface area contributed by atoms with Crippen LogP contribution in [0.25, 0.3) is 21.9 Å². The van der Waals surface area contributed by atoms with E-state index in [1.54, 1.807) is 39.7 Å². The maximum atomic E-state index is 13.9. The average molecular weight is 834 g/mol. The average Bonchev–Trinajstić information content (AvgIpc) is 3.57. The van der Waals surface area contributed by atoms with Crippen molar-refractivity contribution in [2.45, 2.75) is 94.7 Å². The monoisotopic (exact) mass is 833 g/mol. The fourth-order valence-electron chi connectivity index (χ4n) is 8.92. The first-order chi connectivity index (χ1) is 28.8. The van der Waals surface area contributed by atoms with Crippen LogP contribution in [0.4, 0.5) is 16.6 Å². The predicted octanol–water partition coefficient (Wildman–Crippen LogP) is 5.04. The maximum absolute atomic E-state index is 13.9. The first-order valence-corrected chi connectivity index (χ1v) is 22.2. The van der Waals surface area contributed by atoms with Gasteiger partial charge in [-0.2, -0.15) is 19.6 Å². The Balaban J connectivity index is 0.860. The zero-order valence-electron chi connectivity index (χ0n) is 34.5. The molecule has 0 radical (unpaired) electrons. The van der Waals surface area contributed by atoms with Crippen molar-refractivity contribution >= 4 is 55.7 Å². The quantitative estimate of drug-likeness (QED) is 0.181. The summed E-state index contributed by atoms with van der Waals surface area (Å²) in [6.45, 7) is 8.85. The van der Waals surface area contributed by atoms with Gasteiger partial charge in [0.25, 0.3) is 5.56 Å². The van der Waals surface area contributed by atoms with Crippen LogP contribution < -0.4 is 21.1 Å². The van der Waals surface area contributed by atoms with Crippen molar-refractivity contribution in [1.29, 1.82) is 5.26 Å². The number of hydrogen-bond acceptors (Lipinski definition) is 11. The van der Waals surface area contributed by atoms with Crippen LogP contribution in [0.1, 0.15) is 87.9 Å². The number of carbonyl (C=O) groups excluding carboxylic acids is 2. The number of sulfonamides is 1. The molecule has 0 bridgehead atoms. The Morgan fingerprint density at radius 3 is 2.43 bits per heavy atom. The minimum Gasteiger partial charge on any atom is -0.351 e. The molecule has 16 nitrogen and oxygen atoms in total. The van der Waals surface area contributed by atoms with Crippen LogP contribution in [0.5, 0.6) is 0 Å². The lowest BCUT2D eigenvalue weighted by molar-refractivity contribution is -0.120. The van der Waals surface area contributed by atoms with Crippen molar-refractivity contribution in [1.82, 2.24) is 38.8 Å². The summed E-state index contributed by atoms with van der Waals surface area (Å²) in [6.07, 6.45) is 6.39. The second kappa shape index (κ2) is 16.7. The Labute approximate surface area is 349 Å². The summed E-state index contributed by atoms with van der Waals surface area (Å²) in [6, 6.07) is 16.4. The molecular formula is C43H51N11O5S. The highest BCUT2D eigenvalue weighted by atomic mass is 32.2. The maximum Gasteiger partial charge on any atom is 0.329 e. The SMILES string of the molecule is CC(CCc1cc(S(=O)(=O)N2CCC(Nc3ncc4ccc(=O)n(C(C)C)c4n3)CC2)ccc1C#N)N1CCC(c2ccc3c(N4CCC(=O)NC4=O)nn(C)c3c2)CC1. The van der Waals surface area contributed by atoms with Crippen LogP contribution in [0.2, 0.25) is 0 Å². The van der Waals surface area contributed by atoms with Gasteiger partial charge < -0.3 is 10.2 Å². The zero-order chi connectivity index (χ0) is 42.3. The number of nitrogens with one attached hydrogen (secondary N) is 2. The number of aromatic nitrogens is 5. The van der Waals surface area contributed by atoms with Crippen LogP contribution in [-0.2, 0) is 28.3 Å². The fraction of sp³-hybridized carbons (Fsp3) is 0.465. The first-order valence-electron chi connectivity index (χ1n) is 20.8. The Hall–Kier alpha value is -5.70. The number of rotatable bonds is 11. The van der Waals surface area contributed by atoms with Crippen LogP contribution in [0.15, 0.2) is 64.4 Å². The first kappa shape index (κ1) is 41.1. The lowest BCUT2D eigenvalue weighted by Gasteiger charge is -2.36. The minimum absolute atomic E-state index is 0.0388. The summed E-state index contributed by atoms with van der Waals surface area (Å²) in [5, 5.41) is 22.0. The summed E-state index contributed by atoms with van der Waals surface area (Å²) in [4.78, 5) is 50.1. The molecule has 1 atom stereocenters. The second-order valence-electron chi connectivity index (χ2n) is 16.5. The molecule has 3 amide bonds. The van der Waals surface area contributed by atoms with Gasteiger partial charge in [-0.15, -0.1) is 0 Å². The molecule has 3 aliphatic heterocycles. The number of likely N-dealkylation sites (tertiary alicyclic amines) is 1. The minimum atomic E-state index is -3.79. The Morgan fingerprint density at radius 2 is 1.72 bits per heavy atom. The van der Waals surface area contributed by atoms with Gasteiger partial charge in [-0.1, -0.05) is 6.07 Å². The summed E-state index contributed by atoms with van der Waals surface area (Å²) in [5.74, 6) is 1.06. The van der Waals surface area contributed by atoms with Gasteiger partial charge in [-0.3, -0.25) is 29.1 Å². The largest absolute Gasteiger partial charge is 0.351 e. The number of fused-ring (bicyclic) bond motifs is 2. The molecule has 0 saturated carbocycles. The molecule has 17 heteroatoms. The van der Waals surface area contributed by atoms with Crippen molar-refractivity contribution in [3.63, 3.8) is 0 Å². The van der Waals surface area contributed by atoms with Gasteiger partial charge in [0.2, 0.25) is 21.9 Å². The topological polar surface area (TPSA) is 191 Å². The number of carbonyl (C=O) groups is 2. The van der Waals surface area contributed by atoms with Gasteiger partial charge in [0.1, 0.15) is 5.65 Å². The Bertz CT molecular complexity index is 2670. The van der Waals surface area contributed by atoms with Gasteiger partial charge in [0.05, 0.1) is 22.0 Å². The van der Waals surface area contributed by atoms with Crippen LogP contribution >= 0.6 is 0 Å². The second-order valence-corrected chi connectivity index (χ2v) is 18.5. The molecule has 2 N–H and O–H groups in total. The number of anilines is 2. The van der Waals surface area contributed by atoms with Gasteiger partial charge in [0.15, 0.2) is 5.82 Å². The standard InChI is InChI=1S/C43H51N11O5S/c1-27(2)54-39(56)12-9-33-26-45-42(48-40(33)54)46-34-15-20-52(21-16-34)60(58,59)35-10-7-32(25-44)30(23-35)6-5-28(3)51-18-13-29(14-19-51)31-8-11-36-37(24-31)50(4)49-41(36)53-22-17-38(55)47-43(53)57/h7-12,23-24,26-29,34H,5-6,13-22H2,1-4H3,(H,45,46,48)(H,47,55,57). The van der Waals surface area contributed by atoms with Crippen LogP contribution in [0.3, 0.4) is 0 Å². The van der Waals surface area contributed by atoms with Crippen molar-refractivity contribution < 1.29 is 18.0 Å². The van der Waals surface area contributed by atoms with Crippen molar-refractivity contribution in [3.8, 4) is 6.07 Å². The highest BCUT2D eigenvalue weighted by Crippen LogP contribution is 2.35. The molecule has 1 unspecified atom stereocenters. The van der Waals surface area contributed by atoms with E-state index in [0.717, 1.165) is 54.2 Å². The van der Waals surface area contributed by atoms with E-state index in [9.17, 15) is 28.1 Å². The smallest absolute Gasteiger partial charge is 0.329 e. The van der Waals surface area contributed by atoms with E-state index in [2.05, 4.69) is 55.7 Å². The highest BCUT2D eigenvalue weighted by Gasteiger charge is 2.32. The molecular weight excluding hydrogens is 783 g/mol. The van der Waals surface area contributed by atoms with Crippen molar-refractivity contribution in [2.24, 2.45) is 7.05 Å². The molecule has 60 heavy (non-hydrogen) atoms. The number of imide groups is 1. The van der Waals surface area contributed by atoms with Crippen LogP contribution in [0, 0.1) is 11.3 Å². The Morgan fingerprint density at radius 1 is 0.950 bits per heavy atom. The summed E-state index contributed by atoms with van der Waals surface area (Å²) in [5.41, 5.74) is 3.84. The third-order valence-corrected chi connectivity index (χ3v) is 14.3. The normalized spacial score (nSPS) is 18.3. The molecule has 3 fully saturated rings. The van der Waals surface area contributed by atoms with Crippen molar-refractivity contribution in [2.75, 3.05) is 42.9 Å². The molecule has 2 aromatic carbocycles. The summed E-state index contributed by atoms with van der Waals surface area (Å²) >= 11 is 0. The molecule has 6 heterocycles. The van der Waals surface area contributed by atoms with E-state index in [0.29, 0.717) is 67.8 Å². The van der Waals surface area contributed by atoms with E-state index in [1.807, 2.05) is 27.0 Å². The lowest BCUT2D eigenvalue weighted by atomic mass is 9.88. The van der Waals surface area contributed by atoms with E-state index >= 15 is 0 Å². The zero-order valence-corrected chi connectivity index (χ0v) is 35.3. The fourth-order valence-corrected chi connectivity index (χ4v) is 10.4. The van der Waals surface area contributed by atoms with Crippen molar-refractivity contribution in [3.05, 3.63) is 81.8 Å². The number of aryl methyl sites for hydroxylation is 2. The number of urea groups is 1. The third-order valence-electron chi connectivity index (χ3n) is 12.4. The number of piperidine rings is 2. The number of benzene rings is 2. The number of hydrogen-bond donors (Lipinski definition) is 2. The van der Waals surface area contributed by atoms with Gasteiger partial charge in [-0.25, -0.2) is 18.2 Å². The molecule has 314 valence electrons. The van der Waals surface area contributed by atoms with E-state index in [4.69, 9.17) is 0 Å². The molecule has 8 rings (SSSR count). The molecule has 3 aliphatic rings. The van der Waals surface area contributed by atoms with Crippen LogP contribution in [-0.4, -0.2) is 98.7 Å². The Kier molecular flexibility index (Phi) is 11.5. The molecule has 0 spiro atoms. The highest BCUT2D eigenvalue weighted by molar-refractivity contribution is 7.89. The van der Waals surface area contributed by atoms with E-state index in [1.165, 1.54) is 20.8 Å². The third kappa shape index (κ3) is 8.11. The predicted molar refractivity (Wildman–Crippen MR) is 228 cm³/mol. The number of pyridine rings is 1. The van der Waals surface area contributed by atoms with Gasteiger partial charge in [0, 0.05) is 74.3 Å². The van der Waals surface area contributed by atoms with Gasteiger partial charge >= 0.3 is 6.03 Å². The molecule has 3 aromatic heterocycles. The number of nitriles is 1. The summed E-state index contributed by atoms with van der Waals surface area (Å²) < 4.78 is 32.8. The molecule has 5 aromatic rings. The number of nitrogens with zero attached hydrogens (tertiary/aromatic N) is 9. The summed E-state index contributed by atoms with van der Waals surface area (Å²) in [7, 11) is -1.92. The lowest BCUT2D eigenvalue weighted by Crippen LogP contribution is -2.49. The van der Waals surface area contributed by atoms with E-state index in [-0.39, 0.29) is 40.9 Å². The molecule has 0 aliphatic carbocycles. The van der Waals surface area contributed by atoms with Gasteiger partial charge in [-0.05, 0) is 126 Å². The van der Waals surface area contributed by atoms with E-state index < -0.39 is 16.1 Å².